The third-order valence-electron chi connectivity index (χ3n) is 4.94. The second-order valence-electron chi connectivity index (χ2n) is 7.04. The summed E-state index contributed by atoms with van der Waals surface area (Å²) in [5, 5.41) is 0. The van der Waals surface area contributed by atoms with E-state index >= 15 is 0 Å². The molecule has 3 aromatic rings. The van der Waals surface area contributed by atoms with Crippen LogP contribution in [0.25, 0.3) is 0 Å². The topological polar surface area (TPSA) is 66.7 Å². The minimum atomic E-state index is -1.21. The van der Waals surface area contributed by atoms with Gasteiger partial charge >= 0.3 is 0 Å². The third kappa shape index (κ3) is 4.56. The third-order valence-corrected chi connectivity index (χ3v) is 6.26. The zero-order chi connectivity index (χ0) is 20.2. The molecule has 6 nitrogen and oxygen atoms in total. The molecule has 0 radical (unpaired) electrons. The maximum atomic E-state index is 12.8. The maximum Gasteiger partial charge on any atom is 0.289 e. The number of hydrogen-bond acceptors (Lipinski definition) is 5. The molecule has 29 heavy (non-hydrogen) atoms. The molecular weight excluding hydrogens is 386 g/mol. The molecule has 4 rings (SSSR count). The molecule has 1 saturated heterocycles. The number of furan rings is 1. The van der Waals surface area contributed by atoms with Gasteiger partial charge in [0.05, 0.1) is 16.6 Å². The molecule has 1 fully saturated rings. The smallest absolute Gasteiger partial charge is 0.289 e. The number of carbonyl (C=O) groups is 1. The van der Waals surface area contributed by atoms with Crippen LogP contribution >= 0.6 is 0 Å². The first-order chi connectivity index (χ1) is 14.1. The van der Waals surface area contributed by atoms with Gasteiger partial charge < -0.3 is 14.2 Å². The highest BCUT2D eigenvalue weighted by Crippen LogP contribution is 2.19. The molecule has 1 atom stereocenters. The van der Waals surface area contributed by atoms with Crippen molar-refractivity contribution in [2.24, 2.45) is 0 Å². The SMILES string of the molecule is Cc1cccc([S@@](=O)Cc2ccc(C(=O)N3CCN(c4ccccn4)CC3)o2)c1. The first kappa shape index (κ1) is 19.4. The number of rotatable bonds is 5. The average Bonchev–Trinajstić information content (AvgIpc) is 3.22. The average molecular weight is 410 g/mol. The molecule has 3 heterocycles. The van der Waals surface area contributed by atoms with Crippen LogP contribution in [0.3, 0.4) is 0 Å². The number of amides is 1. The Morgan fingerprint density at radius 3 is 2.62 bits per heavy atom. The molecule has 7 heteroatoms. The lowest BCUT2D eigenvalue weighted by Crippen LogP contribution is -2.49. The Kier molecular flexibility index (Phi) is 5.76. The van der Waals surface area contributed by atoms with E-state index in [9.17, 15) is 9.00 Å². The lowest BCUT2D eigenvalue weighted by Gasteiger charge is -2.34. The summed E-state index contributed by atoms with van der Waals surface area (Å²) in [6.45, 7) is 4.65. The Bertz CT molecular complexity index is 1010. The summed E-state index contributed by atoms with van der Waals surface area (Å²) in [5.41, 5.74) is 1.07. The van der Waals surface area contributed by atoms with Crippen LogP contribution in [0.15, 0.2) is 70.1 Å². The minimum Gasteiger partial charge on any atom is -0.455 e. The van der Waals surface area contributed by atoms with Gasteiger partial charge in [-0.25, -0.2) is 4.98 Å². The Labute approximate surface area is 172 Å². The van der Waals surface area contributed by atoms with E-state index in [1.165, 1.54) is 0 Å². The van der Waals surface area contributed by atoms with Gasteiger partial charge in [-0.05, 0) is 48.9 Å². The molecular formula is C22H23N3O3S. The van der Waals surface area contributed by atoms with E-state index in [2.05, 4.69) is 9.88 Å². The van der Waals surface area contributed by atoms with Gasteiger partial charge in [0.1, 0.15) is 11.6 Å². The fourth-order valence-electron chi connectivity index (χ4n) is 3.38. The molecule has 1 amide bonds. The van der Waals surface area contributed by atoms with Gasteiger partial charge in [-0.1, -0.05) is 18.2 Å². The number of anilines is 1. The Hall–Kier alpha value is -2.93. The lowest BCUT2D eigenvalue weighted by atomic mass is 10.2. The maximum absolute atomic E-state index is 12.8. The Balaban J connectivity index is 1.36. The Morgan fingerprint density at radius 1 is 1.07 bits per heavy atom. The van der Waals surface area contributed by atoms with Gasteiger partial charge in [-0.2, -0.15) is 0 Å². The van der Waals surface area contributed by atoms with Crippen molar-refractivity contribution in [3.8, 4) is 0 Å². The van der Waals surface area contributed by atoms with Crippen molar-refractivity contribution in [1.29, 1.82) is 0 Å². The van der Waals surface area contributed by atoms with Crippen molar-refractivity contribution in [2.75, 3.05) is 31.1 Å². The van der Waals surface area contributed by atoms with Crippen LogP contribution in [0, 0.1) is 6.92 Å². The second kappa shape index (κ2) is 8.61. The summed E-state index contributed by atoms with van der Waals surface area (Å²) in [6, 6.07) is 16.9. The summed E-state index contributed by atoms with van der Waals surface area (Å²) in [4.78, 5) is 21.9. The first-order valence-corrected chi connectivity index (χ1v) is 10.9. The van der Waals surface area contributed by atoms with Crippen molar-refractivity contribution >= 4 is 22.5 Å². The molecule has 150 valence electrons. The van der Waals surface area contributed by atoms with Gasteiger partial charge in [0.2, 0.25) is 0 Å². The zero-order valence-corrected chi connectivity index (χ0v) is 17.1. The van der Waals surface area contributed by atoms with Crippen LogP contribution < -0.4 is 4.90 Å². The summed E-state index contributed by atoms with van der Waals surface area (Å²) in [6.07, 6.45) is 1.78. The van der Waals surface area contributed by atoms with E-state index in [1.54, 1.807) is 23.2 Å². The fourth-order valence-corrected chi connectivity index (χ4v) is 4.50. The number of hydrogen-bond donors (Lipinski definition) is 0. The summed E-state index contributed by atoms with van der Waals surface area (Å²) < 4.78 is 18.3. The molecule has 0 unspecified atom stereocenters. The zero-order valence-electron chi connectivity index (χ0n) is 16.3. The predicted molar refractivity (Wildman–Crippen MR) is 112 cm³/mol. The number of nitrogens with zero attached hydrogens (tertiary/aromatic N) is 3. The standard InChI is InChI=1S/C22H23N3O3S/c1-17-5-4-6-19(15-17)29(27)16-18-8-9-20(28-18)22(26)25-13-11-24(12-14-25)21-7-2-3-10-23-21/h2-10,15H,11-14,16H2,1H3/t29-/m0/s1. The van der Waals surface area contributed by atoms with Crippen molar-refractivity contribution < 1.29 is 13.4 Å². The normalized spacial score (nSPS) is 15.3. The lowest BCUT2D eigenvalue weighted by molar-refractivity contribution is 0.0713. The molecule has 1 aliphatic rings. The van der Waals surface area contributed by atoms with E-state index in [0.717, 1.165) is 29.4 Å². The molecule has 0 bridgehead atoms. The monoisotopic (exact) mass is 409 g/mol. The van der Waals surface area contributed by atoms with Crippen LogP contribution in [-0.2, 0) is 16.6 Å². The molecule has 1 aromatic carbocycles. The van der Waals surface area contributed by atoms with Gasteiger partial charge in [-0.15, -0.1) is 0 Å². The van der Waals surface area contributed by atoms with Gasteiger partial charge in [-0.3, -0.25) is 9.00 Å². The Morgan fingerprint density at radius 2 is 1.90 bits per heavy atom. The number of piperazine rings is 1. The molecule has 1 aliphatic heterocycles. The summed E-state index contributed by atoms with van der Waals surface area (Å²) in [7, 11) is -1.21. The number of pyridine rings is 1. The van der Waals surface area contributed by atoms with Gasteiger partial charge in [0, 0.05) is 37.3 Å². The van der Waals surface area contributed by atoms with E-state index < -0.39 is 10.8 Å². The number of aryl methyl sites for hydroxylation is 1. The number of benzene rings is 1. The second-order valence-corrected chi connectivity index (χ2v) is 8.49. The summed E-state index contributed by atoms with van der Waals surface area (Å²) in [5.74, 6) is 1.91. The molecule has 0 spiro atoms. The van der Waals surface area contributed by atoms with Gasteiger partial charge in [0.15, 0.2) is 5.76 Å². The van der Waals surface area contributed by atoms with E-state index in [0.29, 0.717) is 24.6 Å². The van der Waals surface area contributed by atoms with Crippen LogP contribution in [0.5, 0.6) is 0 Å². The highest BCUT2D eigenvalue weighted by atomic mass is 32.2. The molecule has 2 aromatic heterocycles. The van der Waals surface area contributed by atoms with E-state index in [1.807, 2.05) is 49.4 Å². The van der Waals surface area contributed by atoms with Crippen molar-refractivity contribution in [1.82, 2.24) is 9.88 Å². The first-order valence-electron chi connectivity index (χ1n) is 9.59. The van der Waals surface area contributed by atoms with Crippen LogP contribution in [0.2, 0.25) is 0 Å². The highest BCUT2D eigenvalue weighted by Gasteiger charge is 2.25. The number of aromatic nitrogens is 1. The molecule has 0 saturated carbocycles. The minimum absolute atomic E-state index is 0.127. The van der Waals surface area contributed by atoms with Gasteiger partial charge in [0.25, 0.3) is 5.91 Å². The molecule has 0 N–H and O–H groups in total. The fraction of sp³-hybridized carbons (Fsp3) is 0.273. The predicted octanol–water partition coefficient (Wildman–Crippen LogP) is 3.25. The van der Waals surface area contributed by atoms with Crippen molar-refractivity contribution in [3.63, 3.8) is 0 Å². The summed E-state index contributed by atoms with van der Waals surface area (Å²) >= 11 is 0. The van der Waals surface area contributed by atoms with E-state index in [4.69, 9.17) is 4.42 Å². The molecule has 0 aliphatic carbocycles. The van der Waals surface area contributed by atoms with Crippen LogP contribution in [-0.4, -0.2) is 46.2 Å². The van der Waals surface area contributed by atoms with E-state index in [-0.39, 0.29) is 11.7 Å². The van der Waals surface area contributed by atoms with Crippen LogP contribution in [0.1, 0.15) is 21.9 Å². The highest BCUT2D eigenvalue weighted by molar-refractivity contribution is 7.84. The van der Waals surface area contributed by atoms with Crippen molar-refractivity contribution in [2.45, 2.75) is 17.6 Å². The quantitative estimate of drug-likeness (QED) is 0.647. The number of carbonyl (C=O) groups excluding carboxylic acids is 1. The largest absolute Gasteiger partial charge is 0.455 e. The van der Waals surface area contributed by atoms with Crippen molar-refractivity contribution in [3.05, 3.63) is 77.9 Å². The van der Waals surface area contributed by atoms with Crippen LogP contribution in [0.4, 0.5) is 5.82 Å².